The molecular formula is C17H13N3O5S. The lowest BCUT2D eigenvalue weighted by Gasteiger charge is -2.06. The van der Waals surface area contributed by atoms with E-state index in [1.54, 1.807) is 24.3 Å². The van der Waals surface area contributed by atoms with Crippen LogP contribution in [0.2, 0.25) is 0 Å². The number of nitriles is 1. The van der Waals surface area contributed by atoms with Crippen LogP contribution in [0.15, 0.2) is 57.8 Å². The van der Waals surface area contributed by atoms with Gasteiger partial charge < -0.3 is 9.15 Å². The van der Waals surface area contributed by atoms with Crippen LogP contribution in [0, 0.1) is 11.3 Å². The number of para-hydroxylation sites is 2. The molecule has 0 radical (unpaired) electrons. The second kappa shape index (κ2) is 7.35. The smallest absolute Gasteiger partial charge is 0.321 e. The van der Waals surface area contributed by atoms with E-state index in [1.165, 1.54) is 24.3 Å². The molecule has 26 heavy (non-hydrogen) atoms. The highest BCUT2D eigenvalue weighted by atomic mass is 32.2. The van der Waals surface area contributed by atoms with Crippen molar-refractivity contribution >= 4 is 27.1 Å². The molecule has 132 valence electrons. The van der Waals surface area contributed by atoms with E-state index < -0.39 is 22.5 Å². The van der Waals surface area contributed by atoms with E-state index >= 15 is 0 Å². The lowest BCUT2D eigenvalue weighted by molar-refractivity contribution is -0.144. The van der Waals surface area contributed by atoms with E-state index in [2.05, 4.69) is 9.71 Å². The Kier molecular flexibility index (Phi) is 4.97. The molecule has 0 amide bonds. The summed E-state index contributed by atoms with van der Waals surface area (Å²) < 4.78 is 36.7. The topological polar surface area (TPSA) is 122 Å². The third kappa shape index (κ3) is 4.05. The molecule has 0 unspecified atom stereocenters. The number of esters is 1. The molecule has 3 rings (SSSR count). The number of hydrogen-bond donors (Lipinski definition) is 1. The van der Waals surface area contributed by atoms with E-state index in [9.17, 15) is 13.2 Å². The summed E-state index contributed by atoms with van der Waals surface area (Å²) in [5.74, 6) is -0.557. The number of carbonyl (C=O) groups is 1. The van der Waals surface area contributed by atoms with Crippen molar-refractivity contribution in [3.8, 4) is 6.07 Å². The fourth-order valence-corrected chi connectivity index (χ4v) is 3.09. The molecule has 0 aliphatic rings. The number of aromatic nitrogens is 1. The van der Waals surface area contributed by atoms with Crippen LogP contribution in [0.3, 0.4) is 0 Å². The average Bonchev–Trinajstić information content (AvgIpc) is 3.08. The van der Waals surface area contributed by atoms with Gasteiger partial charge in [-0.05, 0) is 36.4 Å². The van der Waals surface area contributed by atoms with E-state index in [0.717, 1.165) is 0 Å². The fraction of sp³-hybridized carbons (Fsp3) is 0.118. The maximum atomic E-state index is 12.1. The summed E-state index contributed by atoms with van der Waals surface area (Å²) >= 11 is 0. The van der Waals surface area contributed by atoms with Gasteiger partial charge in [0.05, 0.1) is 16.5 Å². The molecule has 0 fully saturated rings. The summed E-state index contributed by atoms with van der Waals surface area (Å²) in [6, 6.07) is 14.3. The maximum Gasteiger partial charge on any atom is 0.321 e. The van der Waals surface area contributed by atoms with Gasteiger partial charge in [0, 0.05) is 0 Å². The van der Waals surface area contributed by atoms with Crippen LogP contribution in [-0.2, 0) is 26.2 Å². The third-order valence-electron chi connectivity index (χ3n) is 3.40. The predicted molar refractivity (Wildman–Crippen MR) is 90.2 cm³/mol. The van der Waals surface area contributed by atoms with Crippen molar-refractivity contribution in [1.82, 2.24) is 9.71 Å². The number of sulfonamides is 1. The first-order valence-electron chi connectivity index (χ1n) is 7.48. The van der Waals surface area contributed by atoms with Crippen molar-refractivity contribution in [2.24, 2.45) is 0 Å². The minimum atomic E-state index is -3.88. The summed E-state index contributed by atoms with van der Waals surface area (Å²) in [5.41, 5.74) is 1.54. The van der Waals surface area contributed by atoms with E-state index in [-0.39, 0.29) is 17.4 Å². The zero-order chi connectivity index (χ0) is 18.6. The second-order valence-corrected chi connectivity index (χ2v) is 6.96. The van der Waals surface area contributed by atoms with E-state index in [4.69, 9.17) is 14.4 Å². The largest absolute Gasteiger partial charge is 0.455 e. The second-order valence-electron chi connectivity index (χ2n) is 5.20. The molecule has 3 aromatic rings. The van der Waals surface area contributed by atoms with Crippen LogP contribution in [0.25, 0.3) is 11.1 Å². The summed E-state index contributed by atoms with van der Waals surface area (Å²) in [6.45, 7) is -0.741. The summed E-state index contributed by atoms with van der Waals surface area (Å²) in [5, 5.41) is 8.72. The van der Waals surface area contributed by atoms with Crippen molar-refractivity contribution in [2.45, 2.75) is 11.5 Å². The van der Waals surface area contributed by atoms with Gasteiger partial charge in [0.1, 0.15) is 12.1 Å². The molecule has 0 saturated heterocycles. The summed E-state index contributed by atoms with van der Waals surface area (Å²) in [6.07, 6.45) is 0. The van der Waals surface area contributed by atoms with Crippen molar-refractivity contribution in [1.29, 1.82) is 5.26 Å². The van der Waals surface area contributed by atoms with Gasteiger partial charge in [0.25, 0.3) is 0 Å². The predicted octanol–water partition coefficient (Wildman–Crippen LogP) is 1.72. The molecule has 0 spiro atoms. The van der Waals surface area contributed by atoms with Crippen LogP contribution in [0.5, 0.6) is 0 Å². The molecule has 9 heteroatoms. The van der Waals surface area contributed by atoms with Crippen molar-refractivity contribution < 1.29 is 22.4 Å². The lowest BCUT2D eigenvalue weighted by atomic mass is 10.2. The number of fused-ring (bicyclic) bond motifs is 1. The number of rotatable bonds is 6. The zero-order valence-corrected chi connectivity index (χ0v) is 14.2. The molecule has 1 aromatic heterocycles. The van der Waals surface area contributed by atoms with Crippen LogP contribution in [0.4, 0.5) is 0 Å². The SMILES string of the molecule is N#Cc1ccc(S(=O)(=O)NCC(=O)OCc2nc3ccccc3o2)cc1. The quantitative estimate of drug-likeness (QED) is 0.655. The number of nitrogens with zero attached hydrogens (tertiary/aromatic N) is 2. The van der Waals surface area contributed by atoms with E-state index in [1.807, 2.05) is 6.07 Å². The number of oxazole rings is 1. The fourth-order valence-electron chi connectivity index (χ4n) is 2.12. The molecule has 0 atom stereocenters. The number of carbonyl (C=O) groups excluding carboxylic acids is 1. The van der Waals surface area contributed by atoms with Crippen LogP contribution < -0.4 is 4.72 Å². The van der Waals surface area contributed by atoms with Crippen LogP contribution in [0.1, 0.15) is 11.5 Å². The Morgan fingerprint density at radius 1 is 1.19 bits per heavy atom. The molecule has 2 aromatic carbocycles. The highest BCUT2D eigenvalue weighted by Gasteiger charge is 2.16. The number of nitrogens with one attached hydrogen (secondary N) is 1. The lowest BCUT2D eigenvalue weighted by Crippen LogP contribution is -2.30. The number of ether oxygens (including phenoxy) is 1. The highest BCUT2D eigenvalue weighted by Crippen LogP contribution is 2.15. The van der Waals surface area contributed by atoms with Gasteiger partial charge in [0.15, 0.2) is 12.2 Å². The van der Waals surface area contributed by atoms with Gasteiger partial charge in [-0.2, -0.15) is 9.98 Å². The Morgan fingerprint density at radius 2 is 1.92 bits per heavy atom. The van der Waals surface area contributed by atoms with Gasteiger partial charge in [-0.15, -0.1) is 0 Å². The van der Waals surface area contributed by atoms with E-state index in [0.29, 0.717) is 16.7 Å². The van der Waals surface area contributed by atoms with Gasteiger partial charge >= 0.3 is 5.97 Å². The molecule has 0 saturated carbocycles. The number of hydrogen-bond acceptors (Lipinski definition) is 7. The minimum absolute atomic E-state index is 0.0525. The summed E-state index contributed by atoms with van der Waals surface area (Å²) in [4.78, 5) is 15.8. The van der Waals surface area contributed by atoms with Crippen LogP contribution in [-0.4, -0.2) is 25.9 Å². The molecule has 1 N–H and O–H groups in total. The standard InChI is InChI=1S/C17H13N3O5S/c18-9-12-5-7-13(8-6-12)26(22,23)19-10-17(21)24-11-16-20-14-3-1-2-4-15(14)25-16/h1-8,19H,10-11H2. The number of benzene rings is 2. The Balaban J connectivity index is 1.55. The zero-order valence-electron chi connectivity index (χ0n) is 13.4. The van der Waals surface area contributed by atoms with Gasteiger partial charge in [-0.1, -0.05) is 12.1 Å². The first-order chi connectivity index (χ1) is 12.5. The van der Waals surface area contributed by atoms with Gasteiger partial charge in [-0.3, -0.25) is 4.79 Å². The molecule has 0 aliphatic heterocycles. The van der Waals surface area contributed by atoms with Gasteiger partial charge in [-0.25, -0.2) is 13.4 Å². The Bertz CT molecular complexity index is 1050. The van der Waals surface area contributed by atoms with Crippen molar-refractivity contribution in [2.75, 3.05) is 6.54 Å². The minimum Gasteiger partial charge on any atom is -0.455 e. The first-order valence-corrected chi connectivity index (χ1v) is 8.96. The summed E-state index contributed by atoms with van der Waals surface area (Å²) in [7, 11) is -3.88. The first kappa shape index (κ1) is 17.6. The normalized spacial score (nSPS) is 11.2. The molecule has 0 aliphatic carbocycles. The highest BCUT2D eigenvalue weighted by molar-refractivity contribution is 7.89. The van der Waals surface area contributed by atoms with Crippen molar-refractivity contribution in [3.05, 3.63) is 60.0 Å². The monoisotopic (exact) mass is 371 g/mol. The Morgan fingerprint density at radius 3 is 2.62 bits per heavy atom. The molecule has 8 nitrogen and oxygen atoms in total. The van der Waals surface area contributed by atoms with Crippen LogP contribution >= 0.6 is 0 Å². The average molecular weight is 371 g/mol. The molecule has 1 heterocycles. The molecular weight excluding hydrogens is 358 g/mol. The Labute approximate surface area is 149 Å². The molecule has 0 bridgehead atoms. The van der Waals surface area contributed by atoms with Crippen molar-refractivity contribution in [3.63, 3.8) is 0 Å². The van der Waals surface area contributed by atoms with Gasteiger partial charge in [0.2, 0.25) is 15.9 Å². The Hall–Kier alpha value is -3.22. The maximum absolute atomic E-state index is 12.1. The third-order valence-corrected chi connectivity index (χ3v) is 4.81.